The van der Waals surface area contributed by atoms with Crippen molar-refractivity contribution in [2.45, 2.75) is 20.3 Å². The van der Waals surface area contributed by atoms with Gasteiger partial charge in [0.25, 0.3) is 10.2 Å². The Morgan fingerprint density at radius 3 is 2.10 bits per heavy atom. The van der Waals surface area contributed by atoms with Gasteiger partial charge in [-0.2, -0.15) is 17.0 Å². The lowest BCUT2D eigenvalue weighted by Crippen LogP contribution is -2.46. The molecule has 7 nitrogen and oxygen atoms in total. The van der Waals surface area contributed by atoms with Gasteiger partial charge in [-0.1, -0.05) is 13.8 Å². The van der Waals surface area contributed by atoms with Gasteiger partial charge in [0, 0.05) is 33.2 Å². The topological polar surface area (TPSA) is 70.2 Å². The van der Waals surface area contributed by atoms with E-state index in [0.29, 0.717) is 19.6 Å². The molecule has 0 aliphatic rings. The lowest BCUT2D eigenvalue weighted by atomic mass is 10.2. The molecule has 0 aliphatic heterocycles. The second-order valence-corrected chi connectivity index (χ2v) is 7.75. The number of ether oxygens (including phenoxy) is 1. The second kappa shape index (κ2) is 9.34. The molecule has 0 saturated heterocycles. The van der Waals surface area contributed by atoms with Gasteiger partial charge < -0.3 is 9.64 Å². The largest absolute Gasteiger partial charge is 0.469 e. The van der Waals surface area contributed by atoms with Gasteiger partial charge in [0.05, 0.1) is 13.5 Å². The smallest absolute Gasteiger partial charge is 0.306 e. The number of rotatable bonds is 10. The standard InChI is InChI=1S/C13H29N3O4S/c1-12(2)11-16(10-9-14(3)4)21(18,19)15(5)8-7-13(17)20-6/h12H,7-11H2,1-6H3. The first-order valence-corrected chi connectivity index (χ1v) is 8.43. The Morgan fingerprint density at radius 2 is 1.67 bits per heavy atom. The molecular weight excluding hydrogens is 294 g/mol. The molecular formula is C13H29N3O4S. The molecule has 0 bridgehead atoms. The van der Waals surface area contributed by atoms with Crippen molar-refractivity contribution in [1.82, 2.24) is 13.5 Å². The van der Waals surface area contributed by atoms with E-state index in [0.717, 1.165) is 0 Å². The minimum atomic E-state index is -3.56. The van der Waals surface area contributed by atoms with E-state index in [1.807, 2.05) is 32.8 Å². The summed E-state index contributed by atoms with van der Waals surface area (Å²) in [5.41, 5.74) is 0. The average Bonchev–Trinajstić information content (AvgIpc) is 2.39. The molecule has 0 aromatic heterocycles. The fourth-order valence-corrected chi connectivity index (χ4v) is 3.20. The minimum Gasteiger partial charge on any atom is -0.469 e. The van der Waals surface area contributed by atoms with Crippen molar-refractivity contribution in [1.29, 1.82) is 0 Å². The highest BCUT2D eigenvalue weighted by molar-refractivity contribution is 7.86. The normalized spacial score (nSPS) is 12.7. The highest BCUT2D eigenvalue weighted by Gasteiger charge is 2.27. The van der Waals surface area contributed by atoms with Crippen molar-refractivity contribution >= 4 is 16.2 Å². The van der Waals surface area contributed by atoms with Gasteiger partial charge >= 0.3 is 5.97 Å². The van der Waals surface area contributed by atoms with E-state index in [2.05, 4.69) is 4.74 Å². The Balaban J connectivity index is 4.84. The number of hydrogen-bond acceptors (Lipinski definition) is 5. The van der Waals surface area contributed by atoms with Crippen molar-refractivity contribution < 1.29 is 17.9 Å². The molecule has 0 aromatic rings. The fraction of sp³-hybridized carbons (Fsp3) is 0.923. The molecule has 0 saturated carbocycles. The van der Waals surface area contributed by atoms with E-state index in [1.165, 1.54) is 22.8 Å². The molecule has 8 heteroatoms. The maximum absolute atomic E-state index is 12.6. The first-order valence-electron chi connectivity index (χ1n) is 7.04. The summed E-state index contributed by atoms with van der Waals surface area (Å²) in [6.07, 6.45) is 0.0510. The first kappa shape index (κ1) is 20.3. The highest BCUT2D eigenvalue weighted by atomic mass is 32.2. The summed E-state index contributed by atoms with van der Waals surface area (Å²) in [4.78, 5) is 13.1. The predicted octanol–water partition coefficient (Wildman–Crippen LogP) is 0.246. The molecule has 0 N–H and O–H groups in total. The molecule has 0 fully saturated rings. The van der Waals surface area contributed by atoms with Crippen LogP contribution in [-0.2, 0) is 19.7 Å². The Labute approximate surface area is 129 Å². The molecule has 0 amide bonds. The summed E-state index contributed by atoms with van der Waals surface area (Å²) in [5.74, 6) is -0.184. The molecule has 0 rings (SSSR count). The van der Waals surface area contributed by atoms with Crippen molar-refractivity contribution in [3.63, 3.8) is 0 Å². The summed E-state index contributed by atoms with van der Waals surface area (Å²) in [6.45, 7) is 5.61. The van der Waals surface area contributed by atoms with Gasteiger partial charge in [0.2, 0.25) is 0 Å². The average molecular weight is 323 g/mol. The molecule has 0 spiro atoms. The molecule has 0 aromatic carbocycles. The Morgan fingerprint density at radius 1 is 1.10 bits per heavy atom. The molecule has 0 unspecified atom stereocenters. The van der Waals surface area contributed by atoms with Crippen molar-refractivity contribution in [2.24, 2.45) is 5.92 Å². The quantitative estimate of drug-likeness (QED) is 0.539. The second-order valence-electron chi connectivity index (χ2n) is 5.71. The van der Waals surface area contributed by atoms with E-state index in [-0.39, 0.29) is 18.9 Å². The van der Waals surface area contributed by atoms with Crippen LogP contribution in [0.5, 0.6) is 0 Å². The molecule has 0 heterocycles. The van der Waals surface area contributed by atoms with Gasteiger partial charge in [-0.15, -0.1) is 0 Å². The Hall–Kier alpha value is -0.700. The van der Waals surface area contributed by atoms with Crippen LogP contribution in [-0.4, -0.2) is 82.3 Å². The van der Waals surface area contributed by atoms with Gasteiger partial charge in [0.15, 0.2) is 0 Å². The molecule has 0 radical (unpaired) electrons. The third kappa shape index (κ3) is 7.75. The van der Waals surface area contributed by atoms with Crippen LogP contribution in [0.4, 0.5) is 0 Å². The first-order chi connectivity index (χ1) is 9.61. The van der Waals surface area contributed by atoms with Crippen molar-refractivity contribution in [2.75, 3.05) is 54.4 Å². The zero-order valence-electron chi connectivity index (χ0n) is 14.0. The Kier molecular flexibility index (Phi) is 9.03. The van der Waals surface area contributed by atoms with Gasteiger partial charge in [-0.05, 0) is 20.0 Å². The van der Waals surface area contributed by atoms with E-state index in [4.69, 9.17) is 0 Å². The third-order valence-corrected chi connectivity index (χ3v) is 4.90. The number of esters is 1. The SMILES string of the molecule is COC(=O)CCN(C)S(=O)(=O)N(CCN(C)C)CC(C)C. The lowest BCUT2D eigenvalue weighted by molar-refractivity contribution is -0.140. The van der Waals surface area contributed by atoms with Crippen LogP contribution in [0.25, 0.3) is 0 Å². The van der Waals surface area contributed by atoms with E-state index in [1.54, 1.807) is 0 Å². The monoisotopic (exact) mass is 323 g/mol. The molecule has 0 aliphatic carbocycles. The summed E-state index contributed by atoms with van der Waals surface area (Å²) in [6, 6.07) is 0. The lowest BCUT2D eigenvalue weighted by Gasteiger charge is -2.29. The van der Waals surface area contributed by atoms with Gasteiger partial charge in [-0.3, -0.25) is 4.79 Å². The minimum absolute atomic E-state index is 0.0510. The van der Waals surface area contributed by atoms with Crippen LogP contribution in [0, 0.1) is 5.92 Å². The number of carbonyl (C=O) groups excluding carboxylic acids is 1. The highest BCUT2D eigenvalue weighted by Crippen LogP contribution is 2.10. The molecule has 21 heavy (non-hydrogen) atoms. The van der Waals surface area contributed by atoms with Crippen LogP contribution < -0.4 is 0 Å². The van der Waals surface area contributed by atoms with Gasteiger partial charge in [0.1, 0.15) is 0 Å². The van der Waals surface area contributed by atoms with Crippen LogP contribution in [0.3, 0.4) is 0 Å². The van der Waals surface area contributed by atoms with Crippen LogP contribution >= 0.6 is 0 Å². The van der Waals surface area contributed by atoms with E-state index >= 15 is 0 Å². The zero-order valence-corrected chi connectivity index (χ0v) is 14.8. The summed E-state index contributed by atoms with van der Waals surface area (Å²) in [5, 5.41) is 0. The van der Waals surface area contributed by atoms with Crippen molar-refractivity contribution in [3.05, 3.63) is 0 Å². The van der Waals surface area contributed by atoms with E-state index < -0.39 is 16.2 Å². The van der Waals surface area contributed by atoms with E-state index in [9.17, 15) is 13.2 Å². The molecule has 126 valence electrons. The Bertz CT molecular complexity index is 410. The summed E-state index contributed by atoms with van der Waals surface area (Å²) >= 11 is 0. The summed E-state index contributed by atoms with van der Waals surface area (Å²) in [7, 11) is 3.02. The van der Waals surface area contributed by atoms with Crippen LogP contribution in [0.2, 0.25) is 0 Å². The maximum Gasteiger partial charge on any atom is 0.306 e. The fourth-order valence-electron chi connectivity index (χ4n) is 1.68. The van der Waals surface area contributed by atoms with Gasteiger partial charge in [-0.25, -0.2) is 0 Å². The number of hydrogen-bond donors (Lipinski definition) is 0. The number of methoxy groups -OCH3 is 1. The van der Waals surface area contributed by atoms with Crippen LogP contribution in [0.15, 0.2) is 0 Å². The number of carbonyl (C=O) groups is 1. The maximum atomic E-state index is 12.6. The predicted molar refractivity (Wildman–Crippen MR) is 83.1 cm³/mol. The number of nitrogens with zero attached hydrogens (tertiary/aromatic N) is 3. The zero-order chi connectivity index (χ0) is 16.6. The number of likely N-dealkylation sites (N-methyl/N-ethyl adjacent to an activating group) is 1. The van der Waals surface area contributed by atoms with Crippen molar-refractivity contribution in [3.8, 4) is 0 Å². The van der Waals surface area contributed by atoms with Crippen LogP contribution in [0.1, 0.15) is 20.3 Å². The molecule has 0 atom stereocenters. The third-order valence-electron chi connectivity index (χ3n) is 2.94. The summed E-state index contributed by atoms with van der Waals surface area (Å²) < 4.78 is 32.3.